The summed E-state index contributed by atoms with van der Waals surface area (Å²) < 4.78 is 0. The predicted molar refractivity (Wildman–Crippen MR) is 90.8 cm³/mol. The average molecular weight is 333 g/mol. The second kappa shape index (κ2) is 7.67. The SMILES string of the molecule is CCCCN1CC(N)=C(N)N(CCc2ccc([N+](=O)[O-])cc2)C1=O. The standard InChI is InChI=1S/C16H23N5O3/c1-2-3-9-19-11-14(17)15(18)20(16(19)22)10-8-12-4-6-13(7-5-12)21(23)24/h4-7H,2-3,8-11,17-18H2,1H3. The van der Waals surface area contributed by atoms with E-state index in [1.807, 2.05) is 0 Å². The summed E-state index contributed by atoms with van der Waals surface area (Å²) in [6.07, 6.45) is 2.44. The molecule has 0 spiro atoms. The number of urea groups is 1. The van der Waals surface area contributed by atoms with E-state index in [0.717, 1.165) is 18.4 Å². The van der Waals surface area contributed by atoms with Crippen LogP contribution >= 0.6 is 0 Å². The number of unbranched alkanes of at least 4 members (excludes halogenated alkanes) is 1. The summed E-state index contributed by atoms with van der Waals surface area (Å²) in [6, 6.07) is 6.13. The molecule has 24 heavy (non-hydrogen) atoms. The van der Waals surface area contributed by atoms with Crippen molar-refractivity contribution >= 4 is 11.7 Å². The minimum absolute atomic E-state index is 0.0437. The van der Waals surface area contributed by atoms with Crippen LogP contribution in [0.3, 0.4) is 0 Å². The van der Waals surface area contributed by atoms with Crippen LogP contribution in [0.1, 0.15) is 25.3 Å². The van der Waals surface area contributed by atoms with Crippen LogP contribution in [-0.4, -0.2) is 40.4 Å². The predicted octanol–water partition coefficient (Wildman–Crippen LogP) is 1.76. The maximum Gasteiger partial charge on any atom is 0.326 e. The summed E-state index contributed by atoms with van der Waals surface area (Å²) in [5, 5.41) is 10.7. The zero-order valence-corrected chi connectivity index (χ0v) is 13.8. The van der Waals surface area contributed by atoms with Crippen molar-refractivity contribution in [1.29, 1.82) is 0 Å². The van der Waals surface area contributed by atoms with E-state index in [2.05, 4.69) is 6.92 Å². The molecule has 130 valence electrons. The fourth-order valence-corrected chi connectivity index (χ4v) is 2.57. The third-order valence-electron chi connectivity index (χ3n) is 4.04. The molecule has 8 nitrogen and oxygen atoms in total. The molecule has 1 aliphatic heterocycles. The molecule has 1 aromatic carbocycles. The lowest BCUT2D eigenvalue weighted by molar-refractivity contribution is -0.384. The van der Waals surface area contributed by atoms with Crippen molar-refractivity contribution in [2.45, 2.75) is 26.2 Å². The molecule has 2 rings (SSSR count). The van der Waals surface area contributed by atoms with Crippen LogP contribution in [-0.2, 0) is 6.42 Å². The molecule has 4 N–H and O–H groups in total. The molecule has 1 aromatic rings. The van der Waals surface area contributed by atoms with Gasteiger partial charge >= 0.3 is 6.03 Å². The monoisotopic (exact) mass is 333 g/mol. The Bertz CT molecular complexity index is 642. The smallest absolute Gasteiger partial charge is 0.326 e. The zero-order chi connectivity index (χ0) is 17.7. The Balaban J connectivity index is 2.05. The topological polar surface area (TPSA) is 119 Å². The Kier molecular flexibility index (Phi) is 5.62. The largest absolute Gasteiger partial charge is 0.398 e. The zero-order valence-electron chi connectivity index (χ0n) is 13.8. The lowest BCUT2D eigenvalue weighted by Crippen LogP contribution is -2.52. The minimum atomic E-state index is -0.440. The van der Waals surface area contributed by atoms with Crippen LogP contribution in [0.2, 0.25) is 0 Å². The van der Waals surface area contributed by atoms with Crippen molar-refractivity contribution < 1.29 is 9.72 Å². The number of carbonyl (C=O) groups excluding carboxylic acids is 1. The fourth-order valence-electron chi connectivity index (χ4n) is 2.57. The van der Waals surface area contributed by atoms with E-state index in [-0.39, 0.29) is 11.7 Å². The quantitative estimate of drug-likeness (QED) is 0.582. The van der Waals surface area contributed by atoms with Crippen molar-refractivity contribution in [1.82, 2.24) is 9.80 Å². The van der Waals surface area contributed by atoms with E-state index in [1.54, 1.807) is 17.0 Å². The molecule has 1 aliphatic rings. The Hall–Kier alpha value is -2.77. The van der Waals surface area contributed by atoms with Gasteiger partial charge in [-0.05, 0) is 18.4 Å². The van der Waals surface area contributed by atoms with Gasteiger partial charge in [0.05, 0.1) is 17.2 Å². The van der Waals surface area contributed by atoms with Crippen molar-refractivity contribution in [2.75, 3.05) is 19.6 Å². The second-order valence-electron chi connectivity index (χ2n) is 5.79. The summed E-state index contributed by atoms with van der Waals surface area (Å²) in [4.78, 5) is 26.0. The van der Waals surface area contributed by atoms with Crippen LogP contribution in [0.15, 0.2) is 35.8 Å². The van der Waals surface area contributed by atoms with Gasteiger partial charge in [-0.2, -0.15) is 0 Å². The van der Waals surface area contributed by atoms with E-state index >= 15 is 0 Å². The van der Waals surface area contributed by atoms with E-state index in [9.17, 15) is 14.9 Å². The number of nitro groups is 1. The molecule has 0 radical (unpaired) electrons. The number of rotatable bonds is 7. The van der Waals surface area contributed by atoms with Crippen LogP contribution in [0.25, 0.3) is 0 Å². The first-order chi connectivity index (χ1) is 11.4. The Morgan fingerprint density at radius 1 is 1.21 bits per heavy atom. The number of nitrogens with zero attached hydrogens (tertiary/aromatic N) is 3. The maximum absolute atomic E-state index is 12.5. The van der Waals surface area contributed by atoms with Gasteiger partial charge in [0.15, 0.2) is 0 Å². The third-order valence-corrected chi connectivity index (χ3v) is 4.04. The third kappa shape index (κ3) is 3.95. The molecular weight excluding hydrogens is 310 g/mol. The van der Waals surface area contributed by atoms with Gasteiger partial charge in [0, 0.05) is 25.2 Å². The molecule has 0 bridgehead atoms. The van der Waals surface area contributed by atoms with Crippen LogP contribution in [0, 0.1) is 10.1 Å². The van der Waals surface area contributed by atoms with Gasteiger partial charge in [0.2, 0.25) is 0 Å². The van der Waals surface area contributed by atoms with Crippen LogP contribution < -0.4 is 11.5 Å². The molecule has 0 aliphatic carbocycles. The highest BCUT2D eigenvalue weighted by molar-refractivity contribution is 5.78. The lowest BCUT2D eigenvalue weighted by atomic mass is 10.1. The molecule has 0 aromatic heterocycles. The van der Waals surface area contributed by atoms with Crippen LogP contribution in [0.5, 0.6) is 0 Å². The molecule has 2 amide bonds. The van der Waals surface area contributed by atoms with E-state index in [4.69, 9.17) is 11.5 Å². The van der Waals surface area contributed by atoms with Crippen molar-refractivity contribution in [2.24, 2.45) is 11.5 Å². The van der Waals surface area contributed by atoms with Crippen molar-refractivity contribution in [3.63, 3.8) is 0 Å². The van der Waals surface area contributed by atoms with Gasteiger partial charge in [0.25, 0.3) is 5.69 Å². The summed E-state index contributed by atoms with van der Waals surface area (Å²) in [6.45, 7) is 3.45. The van der Waals surface area contributed by atoms with Gasteiger partial charge < -0.3 is 16.4 Å². The Labute approximate surface area is 140 Å². The van der Waals surface area contributed by atoms with Gasteiger partial charge in [-0.25, -0.2) is 4.79 Å². The fraction of sp³-hybridized carbons (Fsp3) is 0.438. The first-order valence-corrected chi connectivity index (χ1v) is 7.98. The molecule has 0 saturated heterocycles. The number of nitro benzene ring substituents is 1. The molecule has 0 fully saturated rings. The van der Waals surface area contributed by atoms with E-state index in [0.29, 0.717) is 37.6 Å². The number of benzene rings is 1. The van der Waals surface area contributed by atoms with Crippen molar-refractivity contribution in [3.05, 3.63) is 51.5 Å². The summed E-state index contributed by atoms with van der Waals surface area (Å²) in [5.74, 6) is 0.301. The highest BCUT2D eigenvalue weighted by Crippen LogP contribution is 2.17. The van der Waals surface area contributed by atoms with E-state index < -0.39 is 4.92 Å². The van der Waals surface area contributed by atoms with Gasteiger partial charge in [-0.3, -0.25) is 15.0 Å². The van der Waals surface area contributed by atoms with Crippen LogP contribution in [0.4, 0.5) is 10.5 Å². The number of amides is 2. The molecule has 1 heterocycles. The molecule has 0 atom stereocenters. The number of hydrogen-bond donors (Lipinski definition) is 2. The van der Waals surface area contributed by atoms with Gasteiger partial charge in [0.1, 0.15) is 5.82 Å². The number of nitrogens with two attached hydrogens (primary N) is 2. The summed E-state index contributed by atoms with van der Waals surface area (Å²) in [5.41, 5.74) is 13.4. The number of non-ortho nitro benzene ring substituents is 1. The van der Waals surface area contributed by atoms with Gasteiger partial charge in [-0.15, -0.1) is 0 Å². The Morgan fingerprint density at radius 3 is 2.46 bits per heavy atom. The molecular formula is C16H23N5O3. The second-order valence-corrected chi connectivity index (χ2v) is 5.79. The molecule has 8 heteroatoms. The lowest BCUT2D eigenvalue weighted by Gasteiger charge is -2.36. The molecule has 0 saturated carbocycles. The Morgan fingerprint density at radius 2 is 1.88 bits per heavy atom. The number of carbonyl (C=O) groups is 1. The van der Waals surface area contributed by atoms with E-state index in [1.165, 1.54) is 17.0 Å². The highest BCUT2D eigenvalue weighted by atomic mass is 16.6. The first-order valence-electron chi connectivity index (χ1n) is 7.98. The maximum atomic E-state index is 12.5. The normalized spacial score (nSPS) is 15.1. The van der Waals surface area contributed by atoms with Crippen molar-refractivity contribution in [3.8, 4) is 0 Å². The highest BCUT2D eigenvalue weighted by Gasteiger charge is 2.29. The summed E-state index contributed by atoms with van der Waals surface area (Å²) in [7, 11) is 0. The summed E-state index contributed by atoms with van der Waals surface area (Å²) >= 11 is 0. The minimum Gasteiger partial charge on any atom is -0.398 e. The number of hydrogen-bond acceptors (Lipinski definition) is 5. The molecule has 0 unspecified atom stereocenters. The first kappa shape index (κ1) is 17.6. The van der Waals surface area contributed by atoms with Gasteiger partial charge in [-0.1, -0.05) is 25.5 Å². The average Bonchev–Trinajstić information content (AvgIpc) is 2.57.